The van der Waals surface area contributed by atoms with Crippen molar-refractivity contribution in [2.45, 2.75) is 70.3 Å². The topological polar surface area (TPSA) is 74.8 Å². The van der Waals surface area contributed by atoms with Crippen molar-refractivity contribution in [3.63, 3.8) is 0 Å². The van der Waals surface area contributed by atoms with Crippen molar-refractivity contribution in [3.8, 4) is 11.4 Å². The van der Waals surface area contributed by atoms with Gasteiger partial charge in [0, 0.05) is 23.1 Å². The second-order valence-electron chi connectivity index (χ2n) is 8.32. The summed E-state index contributed by atoms with van der Waals surface area (Å²) in [6, 6.07) is 6.23. The number of benzene rings is 1. The van der Waals surface area contributed by atoms with Crippen molar-refractivity contribution in [2.24, 2.45) is 5.92 Å². The van der Waals surface area contributed by atoms with Gasteiger partial charge in [0.05, 0.1) is 5.69 Å². The fourth-order valence-corrected chi connectivity index (χ4v) is 4.53. The Morgan fingerprint density at radius 3 is 2.41 bits per heavy atom. The lowest BCUT2D eigenvalue weighted by Crippen LogP contribution is -2.38. The number of H-pyrrole nitrogens is 1. The van der Waals surface area contributed by atoms with Crippen LogP contribution in [0.1, 0.15) is 62.6 Å². The Balaban J connectivity index is 1.47. The maximum absolute atomic E-state index is 13.2. The molecule has 1 fully saturated rings. The van der Waals surface area contributed by atoms with Gasteiger partial charge in [-0.1, -0.05) is 25.7 Å². The average Bonchev–Trinajstić information content (AvgIpc) is 3.09. The van der Waals surface area contributed by atoms with E-state index in [0.29, 0.717) is 48.7 Å². The first-order valence-corrected chi connectivity index (χ1v) is 10.8. The Bertz CT molecular complexity index is 915. The molecule has 1 aromatic heterocycles. The minimum absolute atomic E-state index is 0.0823. The standard InChI is InChI=1S/C23H28FN3O2/c24-17-11-7-15(8-12-17)21-26-20-14-10-16(9-13-19(20)23(29)27-21)22(28)25-18-5-3-1-2-4-6-18/h7-8,11-12,16,18H,1-6,9-10,13-14H2,(H,25,28)(H,26,27,29). The van der Waals surface area contributed by atoms with Gasteiger partial charge in [0.2, 0.25) is 5.91 Å². The molecule has 0 bridgehead atoms. The highest BCUT2D eigenvalue weighted by Gasteiger charge is 2.26. The van der Waals surface area contributed by atoms with Crippen LogP contribution in [0.4, 0.5) is 4.39 Å². The molecular weight excluding hydrogens is 369 g/mol. The van der Waals surface area contributed by atoms with Crippen LogP contribution in [-0.2, 0) is 17.6 Å². The summed E-state index contributed by atoms with van der Waals surface area (Å²) in [7, 11) is 0. The van der Waals surface area contributed by atoms with Crippen LogP contribution in [0.25, 0.3) is 11.4 Å². The number of carbonyl (C=O) groups is 1. The lowest BCUT2D eigenvalue weighted by molar-refractivity contribution is -0.126. The van der Waals surface area contributed by atoms with Crippen LogP contribution in [-0.4, -0.2) is 21.9 Å². The first kappa shape index (κ1) is 19.8. The van der Waals surface area contributed by atoms with Crippen molar-refractivity contribution in [2.75, 3.05) is 0 Å². The summed E-state index contributed by atoms with van der Waals surface area (Å²) in [6.45, 7) is 0. The molecule has 2 aliphatic carbocycles. The monoisotopic (exact) mass is 397 g/mol. The van der Waals surface area contributed by atoms with Crippen molar-refractivity contribution in [3.05, 3.63) is 51.7 Å². The third-order valence-corrected chi connectivity index (χ3v) is 6.26. The average molecular weight is 397 g/mol. The number of nitrogens with one attached hydrogen (secondary N) is 2. The molecule has 1 amide bonds. The largest absolute Gasteiger partial charge is 0.353 e. The van der Waals surface area contributed by atoms with Crippen LogP contribution in [0.15, 0.2) is 29.1 Å². The summed E-state index contributed by atoms with van der Waals surface area (Å²) in [5.74, 6) is 0.171. The lowest BCUT2D eigenvalue weighted by atomic mass is 9.97. The predicted molar refractivity (Wildman–Crippen MR) is 110 cm³/mol. The van der Waals surface area contributed by atoms with E-state index in [-0.39, 0.29) is 23.2 Å². The van der Waals surface area contributed by atoms with Gasteiger partial charge < -0.3 is 10.3 Å². The third kappa shape index (κ3) is 4.74. The van der Waals surface area contributed by atoms with Gasteiger partial charge in [0.1, 0.15) is 11.6 Å². The van der Waals surface area contributed by atoms with E-state index in [1.54, 1.807) is 12.1 Å². The first-order valence-electron chi connectivity index (χ1n) is 10.8. The fourth-order valence-electron chi connectivity index (χ4n) is 4.53. The number of rotatable bonds is 3. The minimum Gasteiger partial charge on any atom is -0.353 e. The Morgan fingerprint density at radius 2 is 1.69 bits per heavy atom. The number of fused-ring (bicyclic) bond motifs is 1. The van der Waals surface area contributed by atoms with Crippen LogP contribution in [0.3, 0.4) is 0 Å². The molecule has 2 N–H and O–H groups in total. The number of aryl methyl sites for hydroxylation is 1. The number of hydrogen-bond acceptors (Lipinski definition) is 3. The summed E-state index contributed by atoms with van der Waals surface area (Å²) < 4.78 is 13.2. The molecular formula is C23H28FN3O2. The minimum atomic E-state index is -0.326. The van der Waals surface area contributed by atoms with Crippen LogP contribution >= 0.6 is 0 Å². The molecule has 5 nitrogen and oxygen atoms in total. The smallest absolute Gasteiger partial charge is 0.254 e. The van der Waals surface area contributed by atoms with E-state index in [9.17, 15) is 14.0 Å². The predicted octanol–water partition coefficient (Wildman–Crippen LogP) is 3.91. The molecule has 1 unspecified atom stereocenters. The van der Waals surface area contributed by atoms with Gasteiger partial charge in [-0.25, -0.2) is 9.37 Å². The summed E-state index contributed by atoms with van der Waals surface area (Å²) in [4.78, 5) is 32.9. The fraction of sp³-hybridized carbons (Fsp3) is 0.522. The SMILES string of the molecule is O=C(NC1CCCCCC1)C1CCc2nc(-c3ccc(F)cc3)[nH]c(=O)c2CC1. The summed E-state index contributed by atoms with van der Waals surface area (Å²) >= 11 is 0. The first-order chi connectivity index (χ1) is 14.1. The van der Waals surface area contributed by atoms with Crippen LogP contribution in [0, 0.1) is 11.7 Å². The van der Waals surface area contributed by atoms with Gasteiger partial charge in [-0.05, 0) is 62.8 Å². The van der Waals surface area contributed by atoms with Crippen LogP contribution in [0.2, 0.25) is 0 Å². The van der Waals surface area contributed by atoms with E-state index >= 15 is 0 Å². The number of amides is 1. The molecule has 4 rings (SSSR count). The van der Waals surface area contributed by atoms with Gasteiger partial charge in [-0.3, -0.25) is 9.59 Å². The molecule has 1 saturated carbocycles. The number of aromatic nitrogens is 2. The zero-order valence-corrected chi connectivity index (χ0v) is 16.7. The van der Waals surface area contributed by atoms with E-state index in [1.807, 2.05) is 0 Å². The highest BCUT2D eigenvalue weighted by molar-refractivity contribution is 5.79. The normalized spacial score (nSPS) is 20.4. The Hall–Kier alpha value is -2.50. The highest BCUT2D eigenvalue weighted by atomic mass is 19.1. The number of nitrogens with zero attached hydrogens (tertiary/aromatic N) is 1. The number of aromatic amines is 1. The molecule has 0 saturated heterocycles. The van der Waals surface area contributed by atoms with Gasteiger partial charge in [0.15, 0.2) is 0 Å². The molecule has 0 radical (unpaired) electrons. The van der Waals surface area contributed by atoms with E-state index < -0.39 is 0 Å². The van der Waals surface area contributed by atoms with E-state index in [0.717, 1.165) is 18.5 Å². The van der Waals surface area contributed by atoms with Crippen LogP contribution in [0.5, 0.6) is 0 Å². The lowest BCUT2D eigenvalue weighted by Gasteiger charge is -2.20. The molecule has 154 valence electrons. The molecule has 29 heavy (non-hydrogen) atoms. The summed E-state index contributed by atoms with van der Waals surface area (Å²) in [6.07, 6.45) is 9.57. The van der Waals surface area contributed by atoms with E-state index in [4.69, 9.17) is 0 Å². The maximum atomic E-state index is 13.2. The second-order valence-corrected chi connectivity index (χ2v) is 8.32. The Labute approximate surface area is 170 Å². The maximum Gasteiger partial charge on any atom is 0.254 e. The van der Waals surface area contributed by atoms with Crippen LogP contribution < -0.4 is 10.9 Å². The molecule has 1 heterocycles. The number of hydrogen-bond donors (Lipinski definition) is 2. The zero-order valence-electron chi connectivity index (χ0n) is 16.7. The molecule has 0 aliphatic heterocycles. The number of carbonyl (C=O) groups excluding carboxylic acids is 1. The molecule has 1 atom stereocenters. The third-order valence-electron chi connectivity index (χ3n) is 6.26. The van der Waals surface area contributed by atoms with E-state index in [2.05, 4.69) is 15.3 Å². The number of halogens is 1. The van der Waals surface area contributed by atoms with Crippen molar-refractivity contribution < 1.29 is 9.18 Å². The summed E-state index contributed by atoms with van der Waals surface area (Å²) in [5.41, 5.74) is 1.97. The molecule has 2 aliphatic rings. The Kier molecular flexibility index (Phi) is 6.07. The Morgan fingerprint density at radius 1 is 1.00 bits per heavy atom. The van der Waals surface area contributed by atoms with Gasteiger partial charge in [-0.2, -0.15) is 0 Å². The quantitative estimate of drug-likeness (QED) is 0.609. The molecule has 6 heteroatoms. The van der Waals surface area contributed by atoms with Gasteiger partial charge >= 0.3 is 0 Å². The van der Waals surface area contributed by atoms with Gasteiger partial charge in [0.25, 0.3) is 5.56 Å². The van der Waals surface area contributed by atoms with E-state index in [1.165, 1.54) is 37.8 Å². The molecule has 2 aromatic rings. The van der Waals surface area contributed by atoms with Crippen molar-refractivity contribution in [1.82, 2.24) is 15.3 Å². The summed E-state index contributed by atoms with van der Waals surface area (Å²) in [5, 5.41) is 3.26. The van der Waals surface area contributed by atoms with Gasteiger partial charge in [-0.15, -0.1) is 0 Å². The highest BCUT2D eigenvalue weighted by Crippen LogP contribution is 2.25. The van der Waals surface area contributed by atoms with Crippen molar-refractivity contribution in [1.29, 1.82) is 0 Å². The molecule has 0 spiro atoms. The zero-order chi connectivity index (χ0) is 20.2. The van der Waals surface area contributed by atoms with Crippen molar-refractivity contribution >= 4 is 5.91 Å². The second kappa shape index (κ2) is 8.89. The molecule has 1 aromatic carbocycles.